The molecule has 2 aromatic rings. The fraction of sp³-hybridized carbons (Fsp3) is 0.167. The standard InChI is InChI=1S/C18H17Cl2NO2/c19-16-9-10-17(20)15(12-16)8-4-5-11-21-18(22)23-13-14-6-2-1-3-7-14/h1-4,6-10,12H,5,11,13H2,(H,21,22). The van der Waals surface area contributed by atoms with Crippen LogP contribution in [0.4, 0.5) is 4.79 Å². The van der Waals surface area contributed by atoms with E-state index in [0.29, 0.717) is 23.0 Å². The van der Waals surface area contributed by atoms with Gasteiger partial charge >= 0.3 is 6.09 Å². The van der Waals surface area contributed by atoms with Crippen LogP contribution in [0.25, 0.3) is 6.08 Å². The van der Waals surface area contributed by atoms with Gasteiger partial charge in [0.1, 0.15) is 6.61 Å². The maximum Gasteiger partial charge on any atom is 0.407 e. The maximum absolute atomic E-state index is 11.6. The van der Waals surface area contributed by atoms with Crippen molar-refractivity contribution in [2.75, 3.05) is 6.54 Å². The molecule has 0 aliphatic rings. The summed E-state index contributed by atoms with van der Waals surface area (Å²) in [6.07, 6.45) is 4.05. The molecule has 5 heteroatoms. The highest BCUT2D eigenvalue weighted by molar-refractivity contribution is 6.34. The number of carbonyl (C=O) groups excluding carboxylic acids is 1. The highest BCUT2D eigenvalue weighted by Gasteiger charge is 2.01. The van der Waals surface area contributed by atoms with E-state index in [1.165, 1.54) is 0 Å². The lowest BCUT2D eigenvalue weighted by molar-refractivity contribution is 0.140. The number of rotatable bonds is 6. The van der Waals surface area contributed by atoms with Gasteiger partial charge in [-0.25, -0.2) is 4.79 Å². The number of halogens is 2. The Morgan fingerprint density at radius 1 is 1.13 bits per heavy atom. The third kappa shape index (κ3) is 6.35. The molecule has 2 aromatic carbocycles. The zero-order valence-electron chi connectivity index (χ0n) is 12.5. The van der Waals surface area contributed by atoms with Crippen molar-refractivity contribution < 1.29 is 9.53 Å². The van der Waals surface area contributed by atoms with Crippen LogP contribution in [0.3, 0.4) is 0 Å². The summed E-state index contributed by atoms with van der Waals surface area (Å²) in [7, 11) is 0. The summed E-state index contributed by atoms with van der Waals surface area (Å²) >= 11 is 12.0. The Balaban J connectivity index is 1.67. The minimum Gasteiger partial charge on any atom is -0.445 e. The van der Waals surface area contributed by atoms with E-state index in [0.717, 1.165) is 11.1 Å². The lowest BCUT2D eigenvalue weighted by atomic mass is 10.2. The second-order valence-corrected chi connectivity index (χ2v) is 5.69. The van der Waals surface area contributed by atoms with Gasteiger partial charge in [0, 0.05) is 16.6 Å². The van der Waals surface area contributed by atoms with Crippen molar-refractivity contribution in [2.24, 2.45) is 0 Å². The summed E-state index contributed by atoms with van der Waals surface area (Å²) in [6, 6.07) is 14.8. The number of hydrogen-bond donors (Lipinski definition) is 1. The van der Waals surface area contributed by atoms with Crippen LogP contribution in [0.5, 0.6) is 0 Å². The second-order valence-electron chi connectivity index (χ2n) is 4.85. The minimum atomic E-state index is -0.428. The molecule has 2 rings (SSSR count). The topological polar surface area (TPSA) is 38.3 Å². The summed E-state index contributed by atoms with van der Waals surface area (Å²) in [5.74, 6) is 0. The molecule has 0 aliphatic heterocycles. The lowest BCUT2D eigenvalue weighted by Crippen LogP contribution is -2.24. The fourth-order valence-corrected chi connectivity index (χ4v) is 2.25. The Labute approximate surface area is 145 Å². The van der Waals surface area contributed by atoms with E-state index < -0.39 is 6.09 Å². The molecule has 0 spiro atoms. The molecular weight excluding hydrogens is 333 g/mol. The van der Waals surface area contributed by atoms with E-state index in [4.69, 9.17) is 27.9 Å². The summed E-state index contributed by atoms with van der Waals surface area (Å²) in [5.41, 5.74) is 1.81. The van der Waals surface area contributed by atoms with Crippen molar-refractivity contribution in [1.29, 1.82) is 0 Å². The van der Waals surface area contributed by atoms with Crippen LogP contribution in [0, 0.1) is 0 Å². The zero-order chi connectivity index (χ0) is 16.5. The van der Waals surface area contributed by atoms with Crippen LogP contribution < -0.4 is 5.32 Å². The van der Waals surface area contributed by atoms with Gasteiger partial charge < -0.3 is 10.1 Å². The molecule has 0 saturated carbocycles. The molecular formula is C18H17Cl2NO2. The van der Waals surface area contributed by atoms with Crippen molar-refractivity contribution >= 4 is 35.4 Å². The molecule has 0 unspecified atom stereocenters. The maximum atomic E-state index is 11.6. The van der Waals surface area contributed by atoms with Crippen LogP contribution in [0.2, 0.25) is 10.0 Å². The molecule has 0 heterocycles. The summed E-state index contributed by atoms with van der Waals surface area (Å²) in [6.45, 7) is 0.753. The third-order valence-corrected chi connectivity index (χ3v) is 3.63. The Bertz CT molecular complexity index is 672. The molecule has 0 fully saturated rings. The summed E-state index contributed by atoms with van der Waals surface area (Å²) in [4.78, 5) is 11.6. The summed E-state index contributed by atoms with van der Waals surface area (Å²) in [5, 5.41) is 3.97. The molecule has 1 amide bonds. The largest absolute Gasteiger partial charge is 0.445 e. The molecule has 0 bridgehead atoms. The second kappa shape index (κ2) is 9.23. The highest BCUT2D eigenvalue weighted by atomic mass is 35.5. The van der Waals surface area contributed by atoms with Crippen molar-refractivity contribution in [3.05, 3.63) is 75.8 Å². The first-order chi connectivity index (χ1) is 11.1. The van der Waals surface area contributed by atoms with Crippen LogP contribution >= 0.6 is 23.2 Å². The van der Waals surface area contributed by atoms with Crippen molar-refractivity contribution in [2.45, 2.75) is 13.0 Å². The number of amides is 1. The van der Waals surface area contributed by atoms with Gasteiger partial charge in [-0.3, -0.25) is 0 Å². The third-order valence-electron chi connectivity index (χ3n) is 3.05. The zero-order valence-corrected chi connectivity index (χ0v) is 14.0. The molecule has 0 aliphatic carbocycles. The van der Waals surface area contributed by atoms with Gasteiger partial charge in [-0.1, -0.05) is 65.7 Å². The monoisotopic (exact) mass is 349 g/mol. The first-order valence-electron chi connectivity index (χ1n) is 7.21. The van der Waals surface area contributed by atoms with E-state index in [2.05, 4.69) is 5.32 Å². The number of carbonyl (C=O) groups is 1. The highest BCUT2D eigenvalue weighted by Crippen LogP contribution is 2.21. The average molecular weight is 350 g/mol. The van der Waals surface area contributed by atoms with E-state index in [9.17, 15) is 4.79 Å². The minimum absolute atomic E-state index is 0.265. The SMILES string of the molecule is O=C(NCCC=Cc1cc(Cl)ccc1Cl)OCc1ccccc1. The Kier molecular flexibility index (Phi) is 6.98. The van der Waals surface area contributed by atoms with E-state index in [1.807, 2.05) is 42.5 Å². The fourth-order valence-electron chi connectivity index (χ4n) is 1.88. The Morgan fingerprint density at radius 2 is 1.91 bits per heavy atom. The molecule has 3 nitrogen and oxygen atoms in total. The van der Waals surface area contributed by atoms with Crippen molar-refractivity contribution in [1.82, 2.24) is 5.32 Å². The van der Waals surface area contributed by atoms with Crippen LogP contribution in [-0.4, -0.2) is 12.6 Å². The van der Waals surface area contributed by atoms with E-state index in [1.54, 1.807) is 18.2 Å². The molecule has 0 aromatic heterocycles. The molecule has 0 atom stereocenters. The van der Waals surface area contributed by atoms with Gasteiger partial charge in [-0.05, 0) is 35.7 Å². The normalized spacial score (nSPS) is 10.7. The Hall–Kier alpha value is -1.97. The van der Waals surface area contributed by atoms with Crippen molar-refractivity contribution in [3.8, 4) is 0 Å². The van der Waals surface area contributed by atoms with Gasteiger partial charge in [0.25, 0.3) is 0 Å². The smallest absolute Gasteiger partial charge is 0.407 e. The molecule has 0 saturated heterocycles. The number of benzene rings is 2. The lowest BCUT2D eigenvalue weighted by Gasteiger charge is -2.06. The summed E-state index contributed by atoms with van der Waals surface area (Å²) < 4.78 is 5.12. The number of alkyl carbamates (subject to hydrolysis) is 1. The predicted octanol–water partition coefficient (Wildman–Crippen LogP) is 5.32. The van der Waals surface area contributed by atoms with Crippen LogP contribution in [-0.2, 0) is 11.3 Å². The van der Waals surface area contributed by atoms with Crippen LogP contribution in [0.1, 0.15) is 17.5 Å². The van der Waals surface area contributed by atoms with Gasteiger partial charge in [0.05, 0.1) is 0 Å². The molecule has 0 radical (unpaired) electrons. The quantitative estimate of drug-likeness (QED) is 0.716. The van der Waals surface area contributed by atoms with E-state index in [-0.39, 0.29) is 6.61 Å². The average Bonchev–Trinajstić information content (AvgIpc) is 2.56. The number of hydrogen-bond acceptors (Lipinski definition) is 2. The van der Waals surface area contributed by atoms with Gasteiger partial charge in [0.15, 0.2) is 0 Å². The Morgan fingerprint density at radius 3 is 2.70 bits per heavy atom. The van der Waals surface area contributed by atoms with Gasteiger partial charge in [-0.2, -0.15) is 0 Å². The van der Waals surface area contributed by atoms with Gasteiger partial charge in [-0.15, -0.1) is 0 Å². The van der Waals surface area contributed by atoms with Crippen molar-refractivity contribution in [3.63, 3.8) is 0 Å². The molecule has 120 valence electrons. The van der Waals surface area contributed by atoms with Gasteiger partial charge in [0.2, 0.25) is 0 Å². The molecule has 23 heavy (non-hydrogen) atoms. The molecule has 1 N–H and O–H groups in total. The van der Waals surface area contributed by atoms with E-state index >= 15 is 0 Å². The number of nitrogens with one attached hydrogen (secondary N) is 1. The number of ether oxygens (including phenoxy) is 1. The predicted molar refractivity (Wildman–Crippen MR) is 94.7 cm³/mol. The van der Waals surface area contributed by atoms with Crippen LogP contribution in [0.15, 0.2) is 54.6 Å². The first-order valence-corrected chi connectivity index (χ1v) is 7.97. The first kappa shape index (κ1) is 17.4.